The maximum atomic E-state index is 11.9. The number of carbonyl (C=O) groups is 1. The summed E-state index contributed by atoms with van der Waals surface area (Å²) in [6.07, 6.45) is 0.844. The topological polar surface area (TPSA) is 58.4 Å². The van der Waals surface area contributed by atoms with E-state index in [0.29, 0.717) is 6.54 Å². The van der Waals surface area contributed by atoms with E-state index in [4.69, 9.17) is 17.3 Å². The van der Waals surface area contributed by atoms with Crippen molar-refractivity contribution >= 4 is 28.8 Å². The molecule has 20 heavy (non-hydrogen) atoms. The molecule has 3 N–H and O–H groups in total. The average molecular weight is 318 g/mol. The minimum Gasteiger partial charge on any atom is -0.353 e. The first-order valence-electron chi connectivity index (χ1n) is 6.85. The van der Waals surface area contributed by atoms with Gasteiger partial charge >= 0.3 is 0 Å². The number of likely N-dealkylation sites (N-methyl/N-ethyl adjacent to an activating group) is 1. The third kappa shape index (κ3) is 5.05. The molecule has 1 amide bonds. The summed E-state index contributed by atoms with van der Waals surface area (Å²) in [6, 6.07) is 3.99. The summed E-state index contributed by atoms with van der Waals surface area (Å²) in [5.74, 6) is 0.0125. The fraction of sp³-hybridized carbons (Fsp3) is 0.643. The van der Waals surface area contributed by atoms with E-state index in [-0.39, 0.29) is 24.0 Å². The molecule has 0 aliphatic rings. The Labute approximate surface area is 130 Å². The molecule has 0 aliphatic carbocycles. The van der Waals surface area contributed by atoms with Crippen molar-refractivity contribution in [3.8, 4) is 0 Å². The molecule has 1 aromatic rings. The van der Waals surface area contributed by atoms with Crippen LogP contribution in [0.1, 0.15) is 38.1 Å². The van der Waals surface area contributed by atoms with Gasteiger partial charge in [-0.3, -0.25) is 9.69 Å². The first-order chi connectivity index (χ1) is 9.35. The standard InChI is InChI=1S/C14H24ClN3OS/c1-5-10(16)14(11-6-7-12(15)20-11)18(4)8-13(19)17-9(2)3/h6-7,9-10,14H,5,8,16H2,1-4H3,(H,17,19). The minimum atomic E-state index is -0.0263. The van der Waals surface area contributed by atoms with Gasteiger partial charge in [0, 0.05) is 17.0 Å². The number of carbonyl (C=O) groups excluding carboxylic acids is 1. The first kappa shape index (κ1) is 17.4. The summed E-state index contributed by atoms with van der Waals surface area (Å²) in [5, 5.41) is 2.90. The monoisotopic (exact) mass is 317 g/mol. The van der Waals surface area contributed by atoms with Gasteiger partial charge in [0.2, 0.25) is 5.91 Å². The van der Waals surface area contributed by atoms with Crippen molar-refractivity contribution in [2.45, 2.75) is 45.3 Å². The van der Waals surface area contributed by atoms with E-state index in [1.165, 1.54) is 11.3 Å². The molecule has 0 aliphatic heterocycles. The van der Waals surface area contributed by atoms with E-state index < -0.39 is 0 Å². The highest BCUT2D eigenvalue weighted by atomic mass is 35.5. The van der Waals surface area contributed by atoms with Crippen LogP contribution in [-0.4, -0.2) is 36.5 Å². The zero-order valence-corrected chi connectivity index (χ0v) is 14.1. The molecule has 0 saturated carbocycles. The molecule has 0 radical (unpaired) electrons. The predicted molar refractivity (Wildman–Crippen MR) is 86.2 cm³/mol. The lowest BCUT2D eigenvalue weighted by atomic mass is 10.0. The molecule has 1 rings (SSSR count). The van der Waals surface area contributed by atoms with Crippen LogP contribution in [0.5, 0.6) is 0 Å². The molecular formula is C14H24ClN3OS. The molecule has 114 valence electrons. The smallest absolute Gasteiger partial charge is 0.234 e. The van der Waals surface area contributed by atoms with Crippen molar-refractivity contribution in [2.24, 2.45) is 5.73 Å². The number of nitrogens with one attached hydrogen (secondary N) is 1. The summed E-state index contributed by atoms with van der Waals surface area (Å²) >= 11 is 7.53. The lowest BCUT2D eigenvalue weighted by Crippen LogP contribution is -2.44. The van der Waals surface area contributed by atoms with Crippen LogP contribution in [0, 0.1) is 0 Å². The molecule has 1 aromatic heterocycles. The van der Waals surface area contributed by atoms with Crippen molar-refractivity contribution in [2.75, 3.05) is 13.6 Å². The van der Waals surface area contributed by atoms with Crippen LogP contribution in [0.25, 0.3) is 0 Å². The van der Waals surface area contributed by atoms with Crippen molar-refractivity contribution < 1.29 is 4.79 Å². The zero-order chi connectivity index (χ0) is 15.3. The van der Waals surface area contributed by atoms with Gasteiger partial charge in [0.15, 0.2) is 0 Å². The van der Waals surface area contributed by atoms with Gasteiger partial charge in [-0.15, -0.1) is 11.3 Å². The second kappa shape index (κ2) is 7.98. The average Bonchev–Trinajstić information content (AvgIpc) is 2.74. The quantitative estimate of drug-likeness (QED) is 0.813. The van der Waals surface area contributed by atoms with Crippen LogP contribution in [0.3, 0.4) is 0 Å². The largest absolute Gasteiger partial charge is 0.353 e. The SMILES string of the molecule is CCC(N)C(c1ccc(Cl)s1)N(C)CC(=O)NC(C)C. The van der Waals surface area contributed by atoms with Crippen LogP contribution in [0.4, 0.5) is 0 Å². The highest BCUT2D eigenvalue weighted by molar-refractivity contribution is 7.16. The van der Waals surface area contributed by atoms with Gasteiger partial charge in [0.1, 0.15) is 0 Å². The normalized spacial score (nSPS) is 14.6. The van der Waals surface area contributed by atoms with Gasteiger partial charge in [-0.05, 0) is 39.4 Å². The van der Waals surface area contributed by atoms with Gasteiger partial charge < -0.3 is 11.1 Å². The summed E-state index contributed by atoms with van der Waals surface area (Å²) in [5.41, 5.74) is 6.23. The van der Waals surface area contributed by atoms with Crippen LogP contribution in [0.2, 0.25) is 4.34 Å². The van der Waals surface area contributed by atoms with Crippen LogP contribution in [0.15, 0.2) is 12.1 Å². The fourth-order valence-corrected chi connectivity index (χ4v) is 3.46. The third-order valence-electron chi connectivity index (χ3n) is 3.08. The first-order valence-corrected chi connectivity index (χ1v) is 8.05. The van der Waals surface area contributed by atoms with Crippen molar-refractivity contribution in [3.05, 3.63) is 21.3 Å². The Kier molecular flexibility index (Phi) is 6.95. The van der Waals surface area contributed by atoms with Crippen LogP contribution < -0.4 is 11.1 Å². The van der Waals surface area contributed by atoms with E-state index in [1.54, 1.807) is 0 Å². The fourth-order valence-electron chi connectivity index (χ4n) is 2.16. The highest BCUT2D eigenvalue weighted by Gasteiger charge is 2.26. The highest BCUT2D eigenvalue weighted by Crippen LogP contribution is 2.32. The van der Waals surface area contributed by atoms with Gasteiger partial charge in [0.05, 0.1) is 16.9 Å². The second-order valence-electron chi connectivity index (χ2n) is 5.30. The number of nitrogens with zero attached hydrogens (tertiary/aromatic N) is 1. The number of amides is 1. The minimum absolute atomic E-state index is 0.00964. The maximum absolute atomic E-state index is 11.9. The molecule has 0 aromatic carbocycles. The number of hydrogen-bond donors (Lipinski definition) is 2. The molecule has 0 fully saturated rings. The molecule has 0 spiro atoms. The van der Waals surface area contributed by atoms with Crippen molar-refractivity contribution in [1.29, 1.82) is 0 Å². The number of halogens is 1. The van der Waals surface area contributed by atoms with E-state index in [9.17, 15) is 4.79 Å². The zero-order valence-electron chi connectivity index (χ0n) is 12.5. The molecule has 2 atom stereocenters. The lowest BCUT2D eigenvalue weighted by Gasteiger charge is -2.31. The van der Waals surface area contributed by atoms with Gasteiger partial charge in [-0.25, -0.2) is 0 Å². The van der Waals surface area contributed by atoms with Crippen LogP contribution >= 0.6 is 22.9 Å². The van der Waals surface area contributed by atoms with Gasteiger partial charge in [-0.2, -0.15) is 0 Å². The molecule has 0 saturated heterocycles. The Bertz CT molecular complexity index is 436. The van der Waals surface area contributed by atoms with Crippen molar-refractivity contribution in [1.82, 2.24) is 10.2 Å². The van der Waals surface area contributed by atoms with E-state index in [2.05, 4.69) is 12.2 Å². The number of nitrogens with two attached hydrogens (primary N) is 1. The van der Waals surface area contributed by atoms with Crippen LogP contribution in [-0.2, 0) is 4.79 Å². The molecule has 2 unspecified atom stereocenters. The molecular weight excluding hydrogens is 294 g/mol. The van der Waals surface area contributed by atoms with E-state index >= 15 is 0 Å². The Morgan fingerprint density at radius 1 is 1.50 bits per heavy atom. The Balaban J connectivity index is 2.80. The predicted octanol–water partition coefficient (Wildman–Crippen LogP) is 2.64. The molecule has 0 bridgehead atoms. The Morgan fingerprint density at radius 3 is 2.60 bits per heavy atom. The molecule has 6 heteroatoms. The van der Waals surface area contributed by atoms with E-state index in [0.717, 1.165) is 15.6 Å². The number of thiophene rings is 1. The van der Waals surface area contributed by atoms with Gasteiger partial charge in [0.25, 0.3) is 0 Å². The molecule has 4 nitrogen and oxygen atoms in total. The number of hydrogen-bond acceptors (Lipinski definition) is 4. The van der Waals surface area contributed by atoms with Gasteiger partial charge in [-0.1, -0.05) is 18.5 Å². The van der Waals surface area contributed by atoms with E-state index in [1.807, 2.05) is 37.9 Å². The maximum Gasteiger partial charge on any atom is 0.234 e. The second-order valence-corrected chi connectivity index (χ2v) is 7.04. The Hall–Kier alpha value is -0.620. The summed E-state index contributed by atoms with van der Waals surface area (Å²) in [7, 11) is 1.92. The summed E-state index contributed by atoms with van der Waals surface area (Å²) < 4.78 is 0.744. The number of rotatable bonds is 7. The summed E-state index contributed by atoms with van der Waals surface area (Å²) in [4.78, 5) is 15.0. The Morgan fingerprint density at radius 2 is 2.15 bits per heavy atom. The van der Waals surface area contributed by atoms with Crippen molar-refractivity contribution in [3.63, 3.8) is 0 Å². The molecule has 1 heterocycles. The third-order valence-corrected chi connectivity index (χ3v) is 4.38. The summed E-state index contributed by atoms with van der Waals surface area (Å²) in [6.45, 7) is 6.28. The lowest BCUT2D eigenvalue weighted by molar-refractivity contribution is -0.123.